The lowest BCUT2D eigenvalue weighted by Crippen LogP contribution is -2.12. The van der Waals surface area contributed by atoms with Crippen molar-refractivity contribution in [2.45, 2.75) is 11.8 Å². The summed E-state index contributed by atoms with van der Waals surface area (Å²) in [5, 5.41) is 10.9. The Balaban J connectivity index is 2.12. The second-order valence-electron chi connectivity index (χ2n) is 5.07. The zero-order valence-corrected chi connectivity index (χ0v) is 13.2. The van der Waals surface area contributed by atoms with Gasteiger partial charge >= 0.3 is 10.1 Å². The van der Waals surface area contributed by atoms with E-state index in [1.807, 2.05) is 18.2 Å². The first-order valence-electron chi connectivity index (χ1n) is 6.95. The van der Waals surface area contributed by atoms with E-state index in [2.05, 4.69) is 0 Å². The molecular formula is C18H13NO3S. The molecule has 3 aromatic carbocycles. The Morgan fingerprint density at radius 2 is 1.65 bits per heavy atom. The van der Waals surface area contributed by atoms with E-state index in [4.69, 9.17) is 4.18 Å². The number of aryl methyl sites for hydroxylation is 1. The SMILES string of the molecule is Cc1ccccc1S(=O)(=O)Oc1ccc2ccccc2c1C#N. The van der Waals surface area contributed by atoms with Gasteiger partial charge in [-0.25, -0.2) is 0 Å². The topological polar surface area (TPSA) is 67.2 Å². The second-order valence-corrected chi connectivity index (χ2v) is 6.59. The summed E-state index contributed by atoms with van der Waals surface area (Å²) >= 11 is 0. The van der Waals surface area contributed by atoms with Crippen LogP contribution in [0.25, 0.3) is 10.8 Å². The molecule has 0 saturated carbocycles. The minimum absolute atomic E-state index is 0.0365. The Kier molecular flexibility index (Phi) is 3.77. The van der Waals surface area contributed by atoms with Crippen molar-refractivity contribution in [1.82, 2.24) is 0 Å². The van der Waals surface area contributed by atoms with Crippen LogP contribution in [-0.4, -0.2) is 8.42 Å². The molecule has 0 saturated heterocycles. The number of fused-ring (bicyclic) bond motifs is 1. The number of hydrogen-bond donors (Lipinski definition) is 0. The van der Waals surface area contributed by atoms with Crippen LogP contribution in [0.5, 0.6) is 5.75 Å². The van der Waals surface area contributed by atoms with Crippen molar-refractivity contribution in [3.05, 3.63) is 71.8 Å². The molecule has 3 rings (SSSR count). The molecule has 0 unspecified atom stereocenters. The summed E-state index contributed by atoms with van der Waals surface area (Å²) in [5.41, 5.74) is 0.798. The summed E-state index contributed by atoms with van der Waals surface area (Å²) in [5.74, 6) is 0.0365. The van der Waals surface area contributed by atoms with Crippen molar-refractivity contribution < 1.29 is 12.6 Å². The van der Waals surface area contributed by atoms with Crippen LogP contribution in [0.2, 0.25) is 0 Å². The number of nitriles is 1. The van der Waals surface area contributed by atoms with E-state index >= 15 is 0 Å². The fraction of sp³-hybridized carbons (Fsp3) is 0.0556. The van der Waals surface area contributed by atoms with E-state index in [1.54, 1.807) is 43.3 Å². The monoisotopic (exact) mass is 323 g/mol. The van der Waals surface area contributed by atoms with Crippen molar-refractivity contribution in [1.29, 1.82) is 5.26 Å². The third-order valence-corrected chi connectivity index (χ3v) is 4.96. The fourth-order valence-corrected chi connectivity index (χ4v) is 3.61. The van der Waals surface area contributed by atoms with Crippen LogP contribution in [0.4, 0.5) is 0 Å². The highest BCUT2D eigenvalue weighted by atomic mass is 32.2. The van der Waals surface area contributed by atoms with Crippen LogP contribution < -0.4 is 4.18 Å². The van der Waals surface area contributed by atoms with Crippen molar-refractivity contribution in [2.24, 2.45) is 0 Å². The van der Waals surface area contributed by atoms with E-state index in [0.717, 1.165) is 5.39 Å². The average Bonchev–Trinajstić information content (AvgIpc) is 2.54. The number of nitrogens with zero attached hydrogens (tertiary/aromatic N) is 1. The van der Waals surface area contributed by atoms with Crippen LogP contribution in [0.15, 0.2) is 65.6 Å². The van der Waals surface area contributed by atoms with Crippen molar-refractivity contribution in [3.63, 3.8) is 0 Å². The second kappa shape index (κ2) is 5.75. The Morgan fingerprint density at radius 3 is 2.39 bits per heavy atom. The lowest BCUT2D eigenvalue weighted by Gasteiger charge is -2.11. The predicted octanol–water partition coefficient (Wildman–Crippen LogP) is 3.79. The normalized spacial score (nSPS) is 11.1. The molecule has 0 amide bonds. The molecule has 0 aromatic heterocycles. The van der Waals surface area contributed by atoms with Gasteiger partial charge < -0.3 is 4.18 Å². The Hall–Kier alpha value is -2.84. The van der Waals surface area contributed by atoms with Crippen molar-refractivity contribution >= 4 is 20.9 Å². The molecule has 0 aliphatic heterocycles. The molecule has 0 spiro atoms. The molecule has 0 atom stereocenters. The minimum atomic E-state index is -4.00. The molecule has 0 heterocycles. The lowest BCUT2D eigenvalue weighted by molar-refractivity contribution is 0.485. The van der Waals surface area contributed by atoms with E-state index in [0.29, 0.717) is 10.9 Å². The van der Waals surface area contributed by atoms with Crippen LogP contribution in [0.3, 0.4) is 0 Å². The standard InChI is InChI=1S/C18H13NO3S/c1-13-6-2-5-9-18(13)23(20,21)22-17-11-10-14-7-3-4-8-15(14)16(17)12-19/h2-11H,1H3. The van der Waals surface area contributed by atoms with Gasteiger partial charge in [0.15, 0.2) is 5.75 Å². The molecule has 4 nitrogen and oxygen atoms in total. The maximum Gasteiger partial charge on any atom is 0.339 e. The van der Waals surface area contributed by atoms with Crippen LogP contribution >= 0.6 is 0 Å². The quantitative estimate of drug-likeness (QED) is 0.688. The molecule has 5 heteroatoms. The van der Waals surface area contributed by atoms with Gasteiger partial charge in [-0.1, -0.05) is 48.5 Å². The van der Waals surface area contributed by atoms with Crippen LogP contribution in [-0.2, 0) is 10.1 Å². The number of hydrogen-bond acceptors (Lipinski definition) is 4. The first-order valence-corrected chi connectivity index (χ1v) is 8.36. The van der Waals surface area contributed by atoms with Gasteiger partial charge in [0.25, 0.3) is 0 Å². The number of rotatable bonds is 3. The van der Waals surface area contributed by atoms with Gasteiger partial charge in [0.1, 0.15) is 16.5 Å². The van der Waals surface area contributed by atoms with E-state index in [-0.39, 0.29) is 16.2 Å². The smallest absolute Gasteiger partial charge is 0.339 e. The largest absolute Gasteiger partial charge is 0.378 e. The molecule has 0 aliphatic carbocycles. The maximum atomic E-state index is 12.5. The summed E-state index contributed by atoms with van der Waals surface area (Å²) in [7, 11) is -4.00. The predicted molar refractivity (Wildman–Crippen MR) is 87.7 cm³/mol. The average molecular weight is 323 g/mol. The third-order valence-electron chi connectivity index (χ3n) is 3.57. The highest BCUT2D eigenvalue weighted by molar-refractivity contribution is 7.87. The van der Waals surface area contributed by atoms with Gasteiger partial charge in [-0.15, -0.1) is 0 Å². The molecule has 0 N–H and O–H groups in total. The molecule has 0 bridgehead atoms. The van der Waals surface area contributed by atoms with Crippen LogP contribution in [0, 0.1) is 18.3 Å². The molecule has 114 valence electrons. The molecule has 3 aromatic rings. The summed E-state index contributed by atoms with van der Waals surface area (Å²) in [4.78, 5) is 0.0945. The molecule has 0 radical (unpaired) electrons. The van der Waals surface area contributed by atoms with Gasteiger partial charge in [-0.05, 0) is 30.0 Å². The summed E-state index contributed by atoms with van der Waals surface area (Å²) in [6.07, 6.45) is 0. The van der Waals surface area contributed by atoms with E-state index < -0.39 is 10.1 Å². The highest BCUT2D eigenvalue weighted by Crippen LogP contribution is 2.30. The molecular weight excluding hydrogens is 310 g/mol. The zero-order chi connectivity index (χ0) is 16.4. The third kappa shape index (κ3) is 2.77. The van der Waals surface area contributed by atoms with Gasteiger partial charge in [-0.3, -0.25) is 0 Å². The first kappa shape index (κ1) is 15.1. The summed E-state index contributed by atoms with van der Waals surface area (Å²) in [6, 6.07) is 19.1. The summed E-state index contributed by atoms with van der Waals surface area (Å²) < 4.78 is 30.2. The van der Waals surface area contributed by atoms with E-state index in [9.17, 15) is 13.7 Å². The van der Waals surface area contributed by atoms with Gasteiger partial charge in [0.05, 0.1) is 0 Å². The Bertz CT molecular complexity index is 1030. The molecule has 0 aliphatic rings. The van der Waals surface area contributed by atoms with Crippen molar-refractivity contribution in [3.8, 4) is 11.8 Å². The Morgan fingerprint density at radius 1 is 0.957 bits per heavy atom. The fourth-order valence-electron chi connectivity index (χ4n) is 2.44. The zero-order valence-electron chi connectivity index (χ0n) is 12.4. The van der Waals surface area contributed by atoms with Gasteiger partial charge in [-0.2, -0.15) is 13.7 Å². The first-order chi connectivity index (χ1) is 11.0. The number of benzene rings is 3. The minimum Gasteiger partial charge on any atom is -0.378 e. The van der Waals surface area contributed by atoms with E-state index in [1.165, 1.54) is 12.1 Å². The Labute approximate surface area is 134 Å². The highest BCUT2D eigenvalue weighted by Gasteiger charge is 2.21. The van der Waals surface area contributed by atoms with Crippen LogP contribution in [0.1, 0.15) is 11.1 Å². The van der Waals surface area contributed by atoms with Gasteiger partial charge in [0.2, 0.25) is 0 Å². The van der Waals surface area contributed by atoms with Crippen molar-refractivity contribution in [2.75, 3.05) is 0 Å². The molecule has 0 fully saturated rings. The summed E-state index contributed by atoms with van der Waals surface area (Å²) in [6.45, 7) is 1.70. The molecule has 23 heavy (non-hydrogen) atoms. The van der Waals surface area contributed by atoms with Gasteiger partial charge in [0, 0.05) is 5.39 Å². The maximum absolute atomic E-state index is 12.5. The lowest BCUT2D eigenvalue weighted by atomic mass is 10.0.